The summed E-state index contributed by atoms with van der Waals surface area (Å²) in [6.07, 6.45) is 5.76. The van der Waals surface area contributed by atoms with Crippen LogP contribution in [-0.4, -0.2) is 33.4 Å². The van der Waals surface area contributed by atoms with E-state index in [0.29, 0.717) is 6.54 Å². The predicted molar refractivity (Wildman–Crippen MR) is 76.6 cm³/mol. The third-order valence-electron chi connectivity index (χ3n) is 3.65. The molecule has 0 radical (unpaired) electrons. The maximum atomic E-state index is 12.6. The topological polar surface area (TPSA) is 64.2 Å². The molecule has 1 fully saturated rings. The van der Waals surface area contributed by atoms with Gasteiger partial charge in [0.1, 0.15) is 0 Å². The van der Waals surface area contributed by atoms with E-state index in [2.05, 4.69) is 4.98 Å². The molecule has 0 unspecified atom stereocenters. The summed E-state index contributed by atoms with van der Waals surface area (Å²) in [5.74, 6) is 0.0982. The highest BCUT2D eigenvalue weighted by Gasteiger charge is 2.22. The molecule has 0 spiro atoms. The number of nitrogens with zero attached hydrogens (tertiary/aromatic N) is 3. The van der Waals surface area contributed by atoms with Crippen molar-refractivity contribution in [3.63, 3.8) is 0 Å². The first-order valence-electron chi connectivity index (χ1n) is 6.91. The van der Waals surface area contributed by atoms with Crippen molar-refractivity contribution in [2.75, 3.05) is 13.1 Å². The standard InChI is InChI=1S/C15H18N4O/c16-9-12-10-19(11-17-12)14-6-2-1-5-13(14)15(20)18-7-3-4-8-18/h1-2,5-6,10-11H,3-4,7-9,16H2. The zero-order valence-electron chi connectivity index (χ0n) is 11.3. The molecular formula is C15H18N4O. The Kier molecular flexibility index (Phi) is 3.52. The molecule has 2 heterocycles. The number of rotatable bonds is 3. The maximum Gasteiger partial charge on any atom is 0.255 e. The highest BCUT2D eigenvalue weighted by molar-refractivity contribution is 5.97. The lowest BCUT2D eigenvalue weighted by atomic mass is 10.1. The van der Waals surface area contributed by atoms with E-state index in [1.54, 1.807) is 6.33 Å². The normalized spacial score (nSPS) is 14.8. The number of hydrogen-bond donors (Lipinski definition) is 1. The minimum atomic E-state index is 0.0982. The van der Waals surface area contributed by atoms with Gasteiger partial charge in [-0.25, -0.2) is 4.98 Å². The summed E-state index contributed by atoms with van der Waals surface area (Å²) in [5, 5.41) is 0. The van der Waals surface area contributed by atoms with Gasteiger partial charge in [-0.05, 0) is 25.0 Å². The van der Waals surface area contributed by atoms with Gasteiger partial charge in [0.25, 0.3) is 5.91 Å². The van der Waals surface area contributed by atoms with Crippen LogP contribution in [0.3, 0.4) is 0 Å². The molecule has 1 aromatic carbocycles. The van der Waals surface area contributed by atoms with Gasteiger partial charge in [-0.15, -0.1) is 0 Å². The average Bonchev–Trinajstić information content (AvgIpc) is 3.17. The molecule has 5 nitrogen and oxygen atoms in total. The van der Waals surface area contributed by atoms with Gasteiger partial charge in [-0.3, -0.25) is 4.79 Å². The van der Waals surface area contributed by atoms with Crippen LogP contribution in [0.1, 0.15) is 28.9 Å². The lowest BCUT2D eigenvalue weighted by Crippen LogP contribution is -2.28. The van der Waals surface area contributed by atoms with E-state index in [0.717, 1.165) is 42.9 Å². The van der Waals surface area contributed by atoms with Crippen LogP contribution >= 0.6 is 0 Å². The van der Waals surface area contributed by atoms with Gasteiger partial charge in [0, 0.05) is 25.8 Å². The monoisotopic (exact) mass is 270 g/mol. The first-order chi connectivity index (χ1) is 9.79. The average molecular weight is 270 g/mol. The number of hydrogen-bond acceptors (Lipinski definition) is 3. The molecule has 0 saturated carbocycles. The van der Waals surface area contributed by atoms with Crippen LogP contribution in [0.15, 0.2) is 36.8 Å². The molecular weight excluding hydrogens is 252 g/mol. The van der Waals surface area contributed by atoms with Crippen molar-refractivity contribution < 1.29 is 4.79 Å². The van der Waals surface area contributed by atoms with Crippen molar-refractivity contribution >= 4 is 5.91 Å². The number of aromatic nitrogens is 2. The molecule has 2 N–H and O–H groups in total. The van der Waals surface area contributed by atoms with Crippen LogP contribution in [0.4, 0.5) is 0 Å². The number of benzene rings is 1. The predicted octanol–water partition coefficient (Wildman–Crippen LogP) is 1.57. The summed E-state index contributed by atoms with van der Waals surface area (Å²) < 4.78 is 1.87. The smallest absolute Gasteiger partial charge is 0.255 e. The zero-order chi connectivity index (χ0) is 13.9. The molecule has 1 aromatic heterocycles. The minimum Gasteiger partial charge on any atom is -0.339 e. The number of carbonyl (C=O) groups excluding carboxylic acids is 1. The van der Waals surface area contributed by atoms with Gasteiger partial charge in [0.2, 0.25) is 0 Å². The van der Waals surface area contributed by atoms with E-state index in [9.17, 15) is 4.79 Å². The molecule has 5 heteroatoms. The van der Waals surface area contributed by atoms with Crippen molar-refractivity contribution in [2.45, 2.75) is 19.4 Å². The second-order valence-corrected chi connectivity index (χ2v) is 4.99. The molecule has 2 aromatic rings. The number of nitrogens with two attached hydrogens (primary N) is 1. The molecule has 20 heavy (non-hydrogen) atoms. The zero-order valence-corrected chi connectivity index (χ0v) is 11.3. The van der Waals surface area contributed by atoms with E-state index in [-0.39, 0.29) is 5.91 Å². The summed E-state index contributed by atoms with van der Waals surface area (Å²) >= 11 is 0. The van der Waals surface area contributed by atoms with Crippen LogP contribution < -0.4 is 5.73 Å². The fourth-order valence-electron chi connectivity index (χ4n) is 2.57. The Morgan fingerprint density at radius 3 is 2.70 bits per heavy atom. The van der Waals surface area contributed by atoms with Crippen molar-refractivity contribution in [3.05, 3.63) is 48.0 Å². The molecule has 0 bridgehead atoms. The Morgan fingerprint density at radius 1 is 1.25 bits per heavy atom. The van der Waals surface area contributed by atoms with Gasteiger partial charge < -0.3 is 15.2 Å². The maximum absolute atomic E-state index is 12.6. The van der Waals surface area contributed by atoms with Crippen LogP contribution in [0.25, 0.3) is 5.69 Å². The third-order valence-corrected chi connectivity index (χ3v) is 3.65. The largest absolute Gasteiger partial charge is 0.339 e. The van der Waals surface area contributed by atoms with Gasteiger partial charge in [-0.2, -0.15) is 0 Å². The third kappa shape index (κ3) is 2.32. The summed E-state index contributed by atoms with van der Waals surface area (Å²) in [6.45, 7) is 2.10. The van der Waals surface area contributed by atoms with Gasteiger partial charge in [0.15, 0.2) is 0 Å². The van der Waals surface area contributed by atoms with E-state index >= 15 is 0 Å². The fraction of sp³-hybridized carbons (Fsp3) is 0.333. The summed E-state index contributed by atoms with van der Waals surface area (Å²) in [5.41, 5.74) is 7.98. The Bertz CT molecular complexity index is 614. The highest BCUT2D eigenvalue weighted by atomic mass is 16.2. The van der Waals surface area contributed by atoms with E-state index < -0.39 is 0 Å². The number of para-hydroxylation sites is 1. The van der Waals surface area contributed by atoms with Gasteiger partial charge >= 0.3 is 0 Å². The van der Waals surface area contributed by atoms with Gasteiger partial charge in [-0.1, -0.05) is 12.1 Å². The second kappa shape index (κ2) is 5.46. The Morgan fingerprint density at radius 2 is 2.00 bits per heavy atom. The van der Waals surface area contributed by atoms with Crippen LogP contribution in [-0.2, 0) is 6.54 Å². The second-order valence-electron chi connectivity index (χ2n) is 4.99. The Labute approximate surface area is 118 Å². The number of imidazole rings is 1. The van der Waals surface area contributed by atoms with Crippen LogP contribution in [0, 0.1) is 0 Å². The molecule has 3 rings (SSSR count). The molecule has 0 atom stereocenters. The fourth-order valence-corrected chi connectivity index (χ4v) is 2.57. The minimum absolute atomic E-state index is 0.0982. The van der Waals surface area contributed by atoms with Crippen LogP contribution in [0.5, 0.6) is 0 Å². The van der Waals surface area contributed by atoms with E-state index in [4.69, 9.17) is 5.73 Å². The molecule has 1 aliphatic heterocycles. The molecule has 1 aliphatic rings. The Balaban J connectivity index is 1.97. The SMILES string of the molecule is NCc1cn(-c2ccccc2C(=O)N2CCCC2)cn1. The first kappa shape index (κ1) is 12.9. The lowest BCUT2D eigenvalue weighted by molar-refractivity contribution is 0.0793. The van der Waals surface area contributed by atoms with Crippen molar-refractivity contribution in [1.29, 1.82) is 0 Å². The molecule has 0 aliphatic carbocycles. The van der Waals surface area contributed by atoms with Crippen LogP contribution in [0.2, 0.25) is 0 Å². The number of carbonyl (C=O) groups is 1. The van der Waals surface area contributed by atoms with E-state index in [1.165, 1.54) is 0 Å². The van der Waals surface area contributed by atoms with Crippen molar-refractivity contribution in [3.8, 4) is 5.69 Å². The Hall–Kier alpha value is -2.14. The van der Waals surface area contributed by atoms with E-state index in [1.807, 2.05) is 39.9 Å². The number of likely N-dealkylation sites (tertiary alicyclic amines) is 1. The highest BCUT2D eigenvalue weighted by Crippen LogP contribution is 2.19. The lowest BCUT2D eigenvalue weighted by Gasteiger charge is -2.17. The molecule has 104 valence electrons. The summed E-state index contributed by atoms with van der Waals surface area (Å²) in [4.78, 5) is 18.7. The molecule has 1 saturated heterocycles. The van der Waals surface area contributed by atoms with Crippen molar-refractivity contribution in [2.24, 2.45) is 5.73 Å². The van der Waals surface area contributed by atoms with Crippen molar-refractivity contribution in [1.82, 2.24) is 14.5 Å². The number of amides is 1. The van der Waals surface area contributed by atoms with Gasteiger partial charge in [0.05, 0.1) is 23.3 Å². The molecule has 1 amide bonds. The first-order valence-corrected chi connectivity index (χ1v) is 6.91. The quantitative estimate of drug-likeness (QED) is 0.920. The summed E-state index contributed by atoms with van der Waals surface area (Å²) in [7, 11) is 0. The summed E-state index contributed by atoms with van der Waals surface area (Å²) in [6, 6.07) is 7.63.